The topological polar surface area (TPSA) is 24.9 Å². The van der Waals surface area contributed by atoms with E-state index in [1.807, 2.05) is 12.3 Å². The maximum Gasteiger partial charge on any atom is 0.416 e. The lowest BCUT2D eigenvalue weighted by Crippen LogP contribution is -2.24. The molecule has 2 aromatic rings. The molecule has 0 saturated heterocycles. The number of halogens is 3. The molecule has 21 heavy (non-hydrogen) atoms. The Balaban J connectivity index is 2.23. The Hall–Kier alpha value is -1.40. The van der Waals surface area contributed by atoms with Crippen LogP contribution >= 0.6 is 11.3 Å². The van der Waals surface area contributed by atoms with Crippen molar-refractivity contribution in [1.29, 1.82) is 0 Å². The Labute approximate surface area is 126 Å². The molecule has 0 saturated carbocycles. The van der Waals surface area contributed by atoms with E-state index >= 15 is 0 Å². The molecule has 0 bridgehead atoms. The third kappa shape index (κ3) is 4.54. The highest BCUT2D eigenvalue weighted by Gasteiger charge is 2.31. The van der Waals surface area contributed by atoms with Gasteiger partial charge in [0.15, 0.2) is 0 Å². The van der Waals surface area contributed by atoms with Crippen LogP contribution in [0.2, 0.25) is 0 Å². The largest absolute Gasteiger partial charge is 0.416 e. The number of benzene rings is 1. The number of hydrogen-bond acceptors (Lipinski definition) is 3. The number of hydrogen-bond donors (Lipinski definition) is 1. The Morgan fingerprint density at radius 1 is 1.33 bits per heavy atom. The number of thiazole rings is 1. The van der Waals surface area contributed by atoms with Crippen molar-refractivity contribution in [2.75, 3.05) is 6.54 Å². The van der Waals surface area contributed by atoms with Crippen LogP contribution in [0.4, 0.5) is 13.2 Å². The minimum Gasteiger partial charge on any atom is -0.310 e. The van der Waals surface area contributed by atoms with Gasteiger partial charge in [0.2, 0.25) is 0 Å². The summed E-state index contributed by atoms with van der Waals surface area (Å²) < 4.78 is 38.5. The second-order valence-corrected chi connectivity index (χ2v) is 5.74. The van der Waals surface area contributed by atoms with E-state index in [1.165, 1.54) is 23.5 Å². The molecule has 0 aliphatic rings. The van der Waals surface area contributed by atoms with Gasteiger partial charge in [0.25, 0.3) is 0 Å². The molecule has 0 aliphatic heterocycles. The van der Waals surface area contributed by atoms with Gasteiger partial charge in [0.05, 0.1) is 10.6 Å². The predicted octanol–water partition coefficient (Wildman–Crippen LogP) is 4.45. The molecule has 2 rings (SSSR count). The molecule has 6 heteroatoms. The van der Waals surface area contributed by atoms with E-state index < -0.39 is 11.7 Å². The monoisotopic (exact) mass is 314 g/mol. The van der Waals surface area contributed by atoms with Crippen LogP contribution in [0.25, 0.3) is 0 Å². The van der Waals surface area contributed by atoms with Crippen molar-refractivity contribution in [3.63, 3.8) is 0 Å². The first kappa shape index (κ1) is 16.0. The molecule has 2 nitrogen and oxygen atoms in total. The molecule has 114 valence electrons. The van der Waals surface area contributed by atoms with Crippen molar-refractivity contribution in [2.24, 2.45) is 0 Å². The van der Waals surface area contributed by atoms with Gasteiger partial charge in [-0.2, -0.15) is 13.2 Å². The van der Waals surface area contributed by atoms with Crippen LogP contribution in [-0.2, 0) is 12.6 Å². The second-order valence-electron chi connectivity index (χ2n) is 4.76. The molecular formula is C15H17F3N2S. The van der Waals surface area contributed by atoms with Crippen molar-refractivity contribution in [1.82, 2.24) is 10.3 Å². The van der Waals surface area contributed by atoms with E-state index in [1.54, 1.807) is 12.3 Å². The molecule has 0 amide bonds. The Morgan fingerprint density at radius 2 is 2.14 bits per heavy atom. The van der Waals surface area contributed by atoms with Crippen molar-refractivity contribution < 1.29 is 13.2 Å². The van der Waals surface area contributed by atoms with Gasteiger partial charge >= 0.3 is 6.18 Å². The zero-order valence-corrected chi connectivity index (χ0v) is 12.5. The Kier molecular flexibility index (Phi) is 5.36. The van der Waals surface area contributed by atoms with Crippen LogP contribution in [0.1, 0.15) is 35.5 Å². The first-order valence-corrected chi connectivity index (χ1v) is 7.67. The number of aromatic nitrogens is 1. The van der Waals surface area contributed by atoms with Crippen LogP contribution < -0.4 is 5.32 Å². The molecule has 1 atom stereocenters. The van der Waals surface area contributed by atoms with Crippen molar-refractivity contribution in [3.05, 3.63) is 52.0 Å². The normalized spacial score (nSPS) is 13.3. The molecule has 1 heterocycles. The summed E-state index contributed by atoms with van der Waals surface area (Å²) >= 11 is 1.52. The van der Waals surface area contributed by atoms with Gasteiger partial charge in [0.1, 0.15) is 0 Å². The highest BCUT2D eigenvalue weighted by atomic mass is 32.1. The molecule has 1 N–H and O–H groups in total. The van der Waals surface area contributed by atoms with E-state index in [0.29, 0.717) is 12.0 Å². The summed E-state index contributed by atoms with van der Waals surface area (Å²) in [5.74, 6) is 0. The smallest absolute Gasteiger partial charge is 0.310 e. The zero-order chi connectivity index (χ0) is 15.3. The standard InChI is InChI=1S/C15H17F3N2S/c1-2-6-19-13(10-14-20-7-8-21-14)11-4-3-5-12(9-11)15(16,17)18/h3-5,7-9,13,19H,2,6,10H2,1H3. The maximum absolute atomic E-state index is 12.8. The number of rotatable bonds is 6. The molecule has 0 fully saturated rings. The lowest BCUT2D eigenvalue weighted by Gasteiger charge is -2.19. The third-order valence-corrected chi connectivity index (χ3v) is 3.92. The van der Waals surface area contributed by atoms with Crippen LogP contribution in [-0.4, -0.2) is 11.5 Å². The molecule has 0 spiro atoms. The van der Waals surface area contributed by atoms with Gasteiger partial charge in [-0.1, -0.05) is 19.1 Å². The first-order chi connectivity index (χ1) is 10.0. The molecule has 1 aromatic carbocycles. The average molecular weight is 314 g/mol. The summed E-state index contributed by atoms with van der Waals surface area (Å²) in [6.07, 6.45) is -1.08. The number of nitrogens with one attached hydrogen (secondary N) is 1. The summed E-state index contributed by atoms with van der Waals surface area (Å²) in [7, 11) is 0. The van der Waals surface area contributed by atoms with Gasteiger partial charge in [0, 0.05) is 24.0 Å². The minimum absolute atomic E-state index is 0.154. The van der Waals surface area contributed by atoms with E-state index in [-0.39, 0.29) is 6.04 Å². The summed E-state index contributed by atoms with van der Waals surface area (Å²) in [4.78, 5) is 4.22. The summed E-state index contributed by atoms with van der Waals surface area (Å²) in [6.45, 7) is 2.78. The Bertz CT molecular complexity index is 552. The summed E-state index contributed by atoms with van der Waals surface area (Å²) in [6, 6.07) is 5.36. The van der Waals surface area contributed by atoms with Gasteiger partial charge in [-0.05, 0) is 30.7 Å². The van der Waals surface area contributed by atoms with Crippen LogP contribution in [0, 0.1) is 0 Å². The lowest BCUT2D eigenvalue weighted by molar-refractivity contribution is -0.137. The highest BCUT2D eigenvalue weighted by Crippen LogP contribution is 2.31. The first-order valence-electron chi connectivity index (χ1n) is 6.79. The van der Waals surface area contributed by atoms with Crippen molar-refractivity contribution in [3.8, 4) is 0 Å². The van der Waals surface area contributed by atoms with Gasteiger partial charge in [-0.25, -0.2) is 4.98 Å². The SMILES string of the molecule is CCCNC(Cc1nccs1)c1cccc(C(F)(F)F)c1. The quantitative estimate of drug-likeness (QED) is 0.852. The third-order valence-electron chi connectivity index (χ3n) is 3.12. The fourth-order valence-corrected chi connectivity index (χ4v) is 2.75. The predicted molar refractivity (Wildman–Crippen MR) is 78.3 cm³/mol. The summed E-state index contributed by atoms with van der Waals surface area (Å²) in [5.41, 5.74) is 0.0379. The highest BCUT2D eigenvalue weighted by molar-refractivity contribution is 7.09. The Morgan fingerprint density at radius 3 is 2.76 bits per heavy atom. The lowest BCUT2D eigenvalue weighted by atomic mass is 10.0. The molecular weight excluding hydrogens is 297 g/mol. The average Bonchev–Trinajstić information content (AvgIpc) is 2.95. The van der Waals surface area contributed by atoms with Gasteiger partial charge < -0.3 is 5.32 Å². The van der Waals surface area contributed by atoms with Crippen LogP contribution in [0.3, 0.4) is 0 Å². The zero-order valence-electron chi connectivity index (χ0n) is 11.7. The van der Waals surface area contributed by atoms with Gasteiger partial charge in [-0.15, -0.1) is 11.3 Å². The summed E-state index contributed by atoms with van der Waals surface area (Å²) in [5, 5.41) is 6.09. The number of alkyl halides is 3. The fourth-order valence-electron chi connectivity index (χ4n) is 2.09. The van der Waals surface area contributed by atoms with Crippen LogP contribution in [0.5, 0.6) is 0 Å². The van der Waals surface area contributed by atoms with E-state index in [0.717, 1.165) is 24.0 Å². The molecule has 1 unspecified atom stereocenters. The van der Waals surface area contributed by atoms with Crippen molar-refractivity contribution in [2.45, 2.75) is 32.0 Å². The molecule has 1 aromatic heterocycles. The van der Waals surface area contributed by atoms with E-state index in [9.17, 15) is 13.2 Å². The fraction of sp³-hybridized carbons (Fsp3) is 0.400. The van der Waals surface area contributed by atoms with Crippen LogP contribution in [0.15, 0.2) is 35.8 Å². The van der Waals surface area contributed by atoms with Crippen molar-refractivity contribution >= 4 is 11.3 Å². The maximum atomic E-state index is 12.8. The van der Waals surface area contributed by atoms with E-state index in [2.05, 4.69) is 10.3 Å². The van der Waals surface area contributed by atoms with E-state index in [4.69, 9.17) is 0 Å². The molecule has 0 radical (unpaired) electrons. The number of nitrogens with zero attached hydrogens (tertiary/aromatic N) is 1. The minimum atomic E-state index is -4.31. The molecule has 0 aliphatic carbocycles. The second kappa shape index (κ2) is 7.04. The van der Waals surface area contributed by atoms with Gasteiger partial charge in [-0.3, -0.25) is 0 Å².